The average Bonchev–Trinajstić information content (AvgIpc) is 3.44. The van der Waals surface area contributed by atoms with Gasteiger partial charge in [0.2, 0.25) is 5.79 Å². The largest absolute Gasteiger partial charge is 0.503 e. The van der Waals surface area contributed by atoms with Gasteiger partial charge in [-0.3, -0.25) is 19.3 Å². The Labute approximate surface area is 184 Å². The van der Waals surface area contributed by atoms with Crippen LogP contribution in [0.25, 0.3) is 6.08 Å². The Bertz CT molecular complexity index is 1210. The smallest absolute Gasteiger partial charge is 0.296 e. The van der Waals surface area contributed by atoms with Crippen molar-refractivity contribution < 1.29 is 19.5 Å². The van der Waals surface area contributed by atoms with Gasteiger partial charge in [-0.1, -0.05) is 38.1 Å². The van der Waals surface area contributed by atoms with Crippen LogP contribution in [0.5, 0.6) is 0 Å². The summed E-state index contributed by atoms with van der Waals surface area (Å²) in [5.41, 5.74) is 0.141. The van der Waals surface area contributed by atoms with Crippen LogP contribution in [0, 0.1) is 5.41 Å². The molecular weight excluding hydrogens is 410 g/mol. The number of amides is 2. The first-order valence-corrected chi connectivity index (χ1v) is 10.1. The van der Waals surface area contributed by atoms with E-state index in [-0.39, 0.29) is 5.70 Å². The molecule has 9 nitrogen and oxygen atoms in total. The first-order valence-electron chi connectivity index (χ1n) is 10.1. The molecule has 0 unspecified atom stereocenters. The van der Waals surface area contributed by atoms with E-state index in [1.807, 2.05) is 38.1 Å². The zero-order chi connectivity index (χ0) is 22.9. The lowest BCUT2D eigenvalue weighted by Crippen LogP contribution is -2.76. The normalized spacial score (nSPS) is 27.7. The highest BCUT2D eigenvalue weighted by atomic mass is 16.7. The Morgan fingerprint density at radius 3 is 2.69 bits per heavy atom. The molecule has 4 heterocycles. The van der Waals surface area contributed by atoms with Gasteiger partial charge >= 0.3 is 0 Å². The fourth-order valence-corrected chi connectivity index (χ4v) is 5.29. The quantitative estimate of drug-likeness (QED) is 0.504. The van der Waals surface area contributed by atoms with Crippen LogP contribution >= 0.6 is 0 Å². The molecule has 2 amide bonds. The molecule has 0 aliphatic carbocycles. The molecule has 2 atom stereocenters. The van der Waals surface area contributed by atoms with E-state index >= 15 is 0 Å². The van der Waals surface area contributed by atoms with Crippen molar-refractivity contribution in [2.45, 2.75) is 25.0 Å². The molecule has 2 aromatic rings. The van der Waals surface area contributed by atoms with Crippen molar-refractivity contribution in [3.63, 3.8) is 0 Å². The fourth-order valence-electron chi connectivity index (χ4n) is 5.29. The summed E-state index contributed by atoms with van der Waals surface area (Å²) < 4.78 is 0. The number of nitrogens with zero attached hydrogens (tertiary/aromatic N) is 3. The number of carbonyl (C=O) groups is 2. The monoisotopic (exact) mass is 433 g/mol. The molecule has 9 heteroatoms. The number of rotatable bonds is 4. The van der Waals surface area contributed by atoms with Gasteiger partial charge < -0.3 is 15.4 Å². The molecule has 3 N–H and O–H groups in total. The van der Waals surface area contributed by atoms with E-state index in [0.717, 1.165) is 5.56 Å². The molecule has 0 bridgehead atoms. The van der Waals surface area contributed by atoms with E-state index in [0.29, 0.717) is 11.4 Å². The summed E-state index contributed by atoms with van der Waals surface area (Å²) in [6.07, 6.45) is 7.81. The van der Waals surface area contributed by atoms with Gasteiger partial charge in [0.15, 0.2) is 5.76 Å². The number of aromatic nitrogens is 2. The third-order valence-electron chi connectivity index (χ3n) is 6.77. The number of aliphatic hydroxyl groups excluding tert-OH is 1. The minimum atomic E-state index is -1.52. The number of anilines is 1. The lowest BCUT2D eigenvalue weighted by atomic mass is 9.57. The number of benzene rings is 1. The first kappa shape index (κ1) is 20.1. The van der Waals surface area contributed by atoms with E-state index < -0.39 is 34.2 Å². The highest BCUT2D eigenvalue weighted by molar-refractivity contribution is 6.10. The van der Waals surface area contributed by atoms with Gasteiger partial charge in [-0.05, 0) is 23.8 Å². The van der Waals surface area contributed by atoms with Crippen LogP contribution < -0.4 is 10.4 Å². The number of hydroxylamine groups is 1. The van der Waals surface area contributed by atoms with Crippen molar-refractivity contribution in [2.24, 2.45) is 5.41 Å². The number of hydrogen-bond acceptors (Lipinski definition) is 6. The molecule has 0 radical (unpaired) electrons. The first-order chi connectivity index (χ1) is 15.2. The number of nitrogens with one attached hydrogen (secondary N) is 2. The minimum Gasteiger partial charge on any atom is -0.503 e. The molecule has 164 valence electrons. The van der Waals surface area contributed by atoms with E-state index in [1.165, 1.54) is 41.7 Å². The molecule has 1 aromatic heterocycles. The summed E-state index contributed by atoms with van der Waals surface area (Å²) in [5.74, 6) is -3.19. The predicted octanol–water partition coefficient (Wildman–Crippen LogP) is 2.35. The Morgan fingerprint density at radius 2 is 2.03 bits per heavy atom. The zero-order valence-electron chi connectivity index (χ0n) is 17.9. The highest BCUT2D eigenvalue weighted by Gasteiger charge is 2.76. The van der Waals surface area contributed by atoms with Crippen LogP contribution in [0.1, 0.15) is 25.1 Å². The number of allylic oxidation sites excluding steroid dienone is 1. The fraction of sp³-hybridized carbons (Fsp3) is 0.261. The SMILES string of the molecule is C=CC(C)(C)[C@]12C=C(O)C(=O)N3C(=Cc4cnc[nH]4)C(=O)N[C@@]31N(OC)c1ccccc12. The lowest BCUT2D eigenvalue weighted by Gasteiger charge is -2.56. The Morgan fingerprint density at radius 1 is 1.28 bits per heavy atom. The van der Waals surface area contributed by atoms with Gasteiger partial charge in [0, 0.05) is 5.41 Å². The van der Waals surface area contributed by atoms with Crippen LogP contribution in [0.3, 0.4) is 0 Å². The summed E-state index contributed by atoms with van der Waals surface area (Å²) >= 11 is 0. The summed E-state index contributed by atoms with van der Waals surface area (Å²) in [5, 5.41) is 15.5. The molecule has 1 fully saturated rings. The van der Waals surface area contributed by atoms with Gasteiger partial charge in [0.1, 0.15) is 5.70 Å². The predicted molar refractivity (Wildman–Crippen MR) is 117 cm³/mol. The Kier molecular flexibility index (Phi) is 3.97. The zero-order valence-corrected chi connectivity index (χ0v) is 17.9. The number of para-hydroxylation sites is 1. The number of imidazole rings is 1. The highest BCUT2D eigenvalue weighted by Crippen LogP contribution is 2.64. The molecule has 3 aliphatic rings. The Balaban J connectivity index is 1.91. The van der Waals surface area contributed by atoms with Gasteiger partial charge in [-0.2, -0.15) is 0 Å². The molecule has 1 saturated heterocycles. The maximum Gasteiger partial charge on any atom is 0.296 e. The molecule has 3 aliphatic heterocycles. The summed E-state index contributed by atoms with van der Waals surface area (Å²) in [4.78, 5) is 40.8. The van der Waals surface area contributed by atoms with E-state index in [9.17, 15) is 14.7 Å². The van der Waals surface area contributed by atoms with Crippen molar-refractivity contribution in [3.05, 3.63) is 78.2 Å². The van der Waals surface area contributed by atoms with Gasteiger partial charge in [0.25, 0.3) is 11.8 Å². The van der Waals surface area contributed by atoms with E-state index in [1.54, 1.807) is 6.08 Å². The van der Waals surface area contributed by atoms with Gasteiger partial charge in [-0.25, -0.2) is 10.0 Å². The van der Waals surface area contributed by atoms with Crippen molar-refractivity contribution in [2.75, 3.05) is 12.2 Å². The summed E-state index contributed by atoms with van der Waals surface area (Å²) in [6.45, 7) is 7.91. The van der Waals surface area contributed by atoms with E-state index in [2.05, 4.69) is 21.9 Å². The number of H-pyrrole nitrogens is 1. The lowest BCUT2D eigenvalue weighted by molar-refractivity contribution is -0.144. The van der Waals surface area contributed by atoms with Crippen molar-refractivity contribution in [3.8, 4) is 0 Å². The number of aliphatic hydroxyl groups is 1. The third-order valence-corrected chi connectivity index (χ3v) is 6.77. The second kappa shape index (κ2) is 6.33. The number of fused-ring (bicyclic) bond motifs is 2. The summed E-state index contributed by atoms with van der Waals surface area (Å²) in [6, 6.07) is 7.47. The molecule has 0 saturated carbocycles. The molecule has 1 aromatic carbocycles. The van der Waals surface area contributed by atoms with E-state index in [4.69, 9.17) is 4.84 Å². The molecule has 32 heavy (non-hydrogen) atoms. The average molecular weight is 433 g/mol. The molecular formula is C23H23N5O4. The van der Waals surface area contributed by atoms with Crippen LogP contribution in [-0.4, -0.2) is 44.7 Å². The van der Waals surface area contributed by atoms with Crippen LogP contribution in [0.15, 0.2) is 67.0 Å². The second-order valence-electron chi connectivity index (χ2n) is 8.56. The standard InChI is InChI=1S/C23H23N5O4/c1-5-21(2,3)22-11-18(29)20(31)27-17(10-14-12-24-13-25-14)19(30)26-23(22,27)28(32-4)16-9-7-6-8-15(16)22/h5-13,29H,1H2,2-4H3,(H,24,25)(H,26,30)/t22-,23-/m1/s1. The van der Waals surface area contributed by atoms with Crippen molar-refractivity contribution in [1.82, 2.24) is 20.2 Å². The minimum absolute atomic E-state index is 0.0537. The van der Waals surface area contributed by atoms with Crippen LogP contribution in [0.4, 0.5) is 5.69 Å². The van der Waals surface area contributed by atoms with Crippen molar-refractivity contribution >= 4 is 23.6 Å². The topological polar surface area (TPSA) is 111 Å². The number of carbonyl (C=O) groups excluding carboxylic acids is 2. The van der Waals surface area contributed by atoms with Crippen LogP contribution in [0.2, 0.25) is 0 Å². The Hall–Kier alpha value is -3.85. The molecule has 1 spiro atoms. The van der Waals surface area contributed by atoms with Crippen LogP contribution in [-0.2, 0) is 19.8 Å². The maximum atomic E-state index is 13.4. The number of hydrogen-bond donors (Lipinski definition) is 3. The second-order valence-corrected chi connectivity index (χ2v) is 8.56. The maximum absolute atomic E-state index is 13.4. The number of aromatic amines is 1. The van der Waals surface area contributed by atoms with Crippen molar-refractivity contribution in [1.29, 1.82) is 0 Å². The van der Waals surface area contributed by atoms with Gasteiger partial charge in [-0.15, -0.1) is 6.58 Å². The van der Waals surface area contributed by atoms with Gasteiger partial charge in [0.05, 0.1) is 36.4 Å². The summed E-state index contributed by atoms with van der Waals surface area (Å²) in [7, 11) is 1.48. The third kappa shape index (κ3) is 2.08. The molecule has 5 rings (SSSR count).